The van der Waals surface area contributed by atoms with Gasteiger partial charge < -0.3 is 14.6 Å². The van der Waals surface area contributed by atoms with Crippen LogP contribution in [0.1, 0.15) is 71.9 Å². The van der Waals surface area contributed by atoms with Gasteiger partial charge in [-0.2, -0.15) is 5.26 Å². The smallest absolute Gasteiger partial charge is 0.195 e. The van der Waals surface area contributed by atoms with E-state index >= 15 is 0 Å². The molecule has 0 amide bonds. The van der Waals surface area contributed by atoms with E-state index in [1.54, 1.807) is 6.07 Å². The number of aryl methyl sites for hydroxylation is 1. The van der Waals surface area contributed by atoms with E-state index in [1.807, 2.05) is 12.1 Å². The lowest BCUT2D eigenvalue weighted by Crippen LogP contribution is -2.49. The number of morpholine rings is 1. The van der Waals surface area contributed by atoms with E-state index in [0.717, 1.165) is 91.9 Å². The predicted octanol–water partition coefficient (Wildman–Crippen LogP) is 5.62. The molecule has 6 rings (SSSR count). The number of halogens is 2. The Balaban J connectivity index is 0.00000168. The van der Waals surface area contributed by atoms with Crippen molar-refractivity contribution < 1.29 is 9.53 Å². The first kappa shape index (κ1) is 28.4. The van der Waals surface area contributed by atoms with Crippen molar-refractivity contribution in [3.05, 3.63) is 63.8 Å². The molecule has 2 aliphatic heterocycles. The van der Waals surface area contributed by atoms with Gasteiger partial charge in [-0.3, -0.25) is 9.69 Å². The standard InChI is InChI=1S/C30H34N4O2.2ClH/c1-4-20-16-23-24(17-26(20)34-9-7-21(8-10-34)33-11-13-36-14-12-33)30(2,3)29-27(28(23)35)22-6-5-19(18-31)15-25(22)32-29;;/h5-6,15-17,21,32H,4,7-14H2,1-3H3;2*1H. The van der Waals surface area contributed by atoms with E-state index in [2.05, 4.69) is 53.8 Å². The highest BCUT2D eigenvalue weighted by atomic mass is 35.5. The van der Waals surface area contributed by atoms with Gasteiger partial charge in [0.15, 0.2) is 5.78 Å². The predicted molar refractivity (Wildman–Crippen MR) is 157 cm³/mol. The van der Waals surface area contributed by atoms with Crippen LogP contribution < -0.4 is 4.90 Å². The lowest BCUT2D eigenvalue weighted by molar-refractivity contribution is 0.0115. The molecule has 1 aromatic heterocycles. The van der Waals surface area contributed by atoms with E-state index in [0.29, 0.717) is 11.6 Å². The highest BCUT2D eigenvalue weighted by Gasteiger charge is 2.40. The number of ether oxygens (including phenoxy) is 1. The van der Waals surface area contributed by atoms with Crippen molar-refractivity contribution >= 4 is 47.2 Å². The van der Waals surface area contributed by atoms with Gasteiger partial charge in [0, 0.05) is 65.5 Å². The van der Waals surface area contributed by atoms with Crippen molar-refractivity contribution in [1.29, 1.82) is 5.26 Å². The van der Waals surface area contributed by atoms with E-state index in [1.165, 1.54) is 11.3 Å². The Morgan fingerprint density at radius 3 is 2.45 bits per heavy atom. The molecule has 3 aromatic rings. The zero-order chi connectivity index (χ0) is 25.0. The summed E-state index contributed by atoms with van der Waals surface area (Å²) in [6, 6.07) is 12.9. The Morgan fingerprint density at radius 1 is 1.08 bits per heavy atom. The lowest BCUT2D eigenvalue weighted by Gasteiger charge is -2.42. The Hall–Kier alpha value is -2.56. The molecular weight excluding hydrogens is 519 g/mol. The maximum Gasteiger partial charge on any atom is 0.195 e. The third kappa shape index (κ3) is 4.50. The minimum atomic E-state index is -0.350. The summed E-state index contributed by atoms with van der Waals surface area (Å²) < 4.78 is 5.55. The summed E-state index contributed by atoms with van der Waals surface area (Å²) in [4.78, 5) is 22.5. The Kier molecular flexibility index (Phi) is 8.16. The Morgan fingerprint density at radius 2 is 1.79 bits per heavy atom. The second kappa shape index (κ2) is 10.9. The van der Waals surface area contributed by atoms with Crippen LogP contribution in [0.2, 0.25) is 0 Å². The number of carbonyl (C=O) groups excluding carboxylic acids is 1. The minimum Gasteiger partial charge on any atom is -0.379 e. The molecule has 38 heavy (non-hydrogen) atoms. The fraction of sp³-hybridized carbons (Fsp3) is 0.467. The van der Waals surface area contributed by atoms with Gasteiger partial charge in [-0.05, 0) is 54.7 Å². The van der Waals surface area contributed by atoms with Crippen LogP contribution in [0.3, 0.4) is 0 Å². The molecule has 2 saturated heterocycles. The topological polar surface area (TPSA) is 72.4 Å². The second-order valence-corrected chi connectivity index (χ2v) is 10.9. The summed E-state index contributed by atoms with van der Waals surface area (Å²) in [6.45, 7) is 12.5. The number of nitrogens with one attached hydrogen (secondary N) is 1. The quantitative estimate of drug-likeness (QED) is 0.455. The number of aromatic amines is 1. The molecule has 0 unspecified atom stereocenters. The van der Waals surface area contributed by atoms with E-state index in [4.69, 9.17) is 4.74 Å². The van der Waals surface area contributed by atoms with Crippen LogP contribution >= 0.6 is 24.8 Å². The van der Waals surface area contributed by atoms with Crippen molar-refractivity contribution in [2.24, 2.45) is 0 Å². The molecule has 3 aliphatic rings. The molecular formula is C30H36Cl2N4O2. The molecule has 8 heteroatoms. The number of nitriles is 1. The molecule has 3 heterocycles. The van der Waals surface area contributed by atoms with Gasteiger partial charge in [0.1, 0.15) is 0 Å². The molecule has 0 radical (unpaired) electrons. The minimum absolute atomic E-state index is 0. The first-order valence-electron chi connectivity index (χ1n) is 13.3. The van der Waals surface area contributed by atoms with Crippen LogP contribution in [0.15, 0.2) is 30.3 Å². The summed E-state index contributed by atoms with van der Waals surface area (Å²) in [5, 5.41) is 10.3. The lowest BCUT2D eigenvalue weighted by atomic mass is 9.70. The number of ketones is 1. The normalized spacial score (nSPS) is 19.2. The largest absolute Gasteiger partial charge is 0.379 e. The molecule has 2 fully saturated rings. The summed E-state index contributed by atoms with van der Waals surface area (Å²) in [7, 11) is 0. The number of rotatable bonds is 3. The van der Waals surface area contributed by atoms with Crippen LogP contribution in [0.4, 0.5) is 5.69 Å². The summed E-state index contributed by atoms with van der Waals surface area (Å²) in [5.74, 6) is 0.0857. The van der Waals surface area contributed by atoms with Crippen molar-refractivity contribution in [2.45, 2.75) is 51.5 Å². The zero-order valence-corrected chi connectivity index (χ0v) is 23.9. The fourth-order valence-electron chi connectivity index (χ4n) is 6.57. The molecule has 0 atom stereocenters. The van der Waals surface area contributed by atoms with Gasteiger partial charge >= 0.3 is 0 Å². The SMILES string of the molecule is CCc1cc2c(cc1N1CCC(N3CCOCC3)CC1)C(C)(C)c1[nH]c3cc(C#N)ccc3c1C2=O.Cl.Cl. The van der Waals surface area contributed by atoms with Crippen molar-refractivity contribution in [3.8, 4) is 6.07 Å². The molecule has 6 nitrogen and oxygen atoms in total. The third-order valence-electron chi connectivity index (χ3n) is 8.66. The summed E-state index contributed by atoms with van der Waals surface area (Å²) in [5.41, 5.74) is 7.25. The number of fused-ring (bicyclic) bond motifs is 4. The van der Waals surface area contributed by atoms with Crippen molar-refractivity contribution in [3.63, 3.8) is 0 Å². The Bertz CT molecular complexity index is 1390. The van der Waals surface area contributed by atoms with Crippen LogP contribution in [0.25, 0.3) is 10.9 Å². The average Bonchev–Trinajstić information content (AvgIpc) is 3.32. The van der Waals surface area contributed by atoms with Gasteiger partial charge in [-0.1, -0.05) is 26.8 Å². The molecule has 0 saturated carbocycles. The van der Waals surface area contributed by atoms with Crippen molar-refractivity contribution in [1.82, 2.24) is 9.88 Å². The molecule has 202 valence electrons. The van der Waals surface area contributed by atoms with Crippen LogP contribution in [-0.2, 0) is 16.6 Å². The van der Waals surface area contributed by atoms with Crippen molar-refractivity contribution in [2.75, 3.05) is 44.3 Å². The third-order valence-corrected chi connectivity index (χ3v) is 8.66. The average molecular weight is 556 g/mol. The molecule has 1 aliphatic carbocycles. The molecule has 2 aromatic carbocycles. The second-order valence-electron chi connectivity index (χ2n) is 10.9. The number of hydrogen-bond acceptors (Lipinski definition) is 5. The number of piperidine rings is 1. The number of aromatic nitrogens is 1. The van der Waals surface area contributed by atoms with E-state index in [9.17, 15) is 10.1 Å². The van der Waals surface area contributed by atoms with Crippen LogP contribution in [0.5, 0.6) is 0 Å². The van der Waals surface area contributed by atoms with Gasteiger partial charge in [-0.25, -0.2) is 0 Å². The molecule has 0 spiro atoms. The van der Waals surface area contributed by atoms with Gasteiger partial charge in [0.05, 0.1) is 30.4 Å². The van der Waals surface area contributed by atoms with Gasteiger partial charge in [-0.15, -0.1) is 24.8 Å². The van der Waals surface area contributed by atoms with E-state index in [-0.39, 0.29) is 36.0 Å². The highest BCUT2D eigenvalue weighted by molar-refractivity contribution is 6.20. The summed E-state index contributed by atoms with van der Waals surface area (Å²) in [6.07, 6.45) is 3.22. The monoisotopic (exact) mass is 554 g/mol. The zero-order valence-electron chi connectivity index (χ0n) is 22.3. The molecule has 1 N–H and O–H groups in total. The number of nitrogens with zero attached hydrogens (tertiary/aromatic N) is 3. The number of anilines is 1. The van der Waals surface area contributed by atoms with Crippen LogP contribution in [-0.4, -0.2) is 61.1 Å². The maximum atomic E-state index is 13.9. The first-order valence-corrected chi connectivity index (χ1v) is 13.3. The van der Waals surface area contributed by atoms with Crippen LogP contribution in [0, 0.1) is 11.3 Å². The number of benzene rings is 2. The van der Waals surface area contributed by atoms with E-state index < -0.39 is 0 Å². The number of hydrogen-bond donors (Lipinski definition) is 1. The first-order chi connectivity index (χ1) is 17.4. The number of carbonyl (C=O) groups is 1. The van der Waals surface area contributed by atoms with Gasteiger partial charge in [0.2, 0.25) is 0 Å². The number of H-pyrrole nitrogens is 1. The fourth-order valence-corrected chi connectivity index (χ4v) is 6.57. The van der Waals surface area contributed by atoms with Gasteiger partial charge in [0.25, 0.3) is 0 Å². The molecule has 0 bridgehead atoms. The highest BCUT2D eigenvalue weighted by Crippen LogP contribution is 2.46. The maximum absolute atomic E-state index is 13.9. The summed E-state index contributed by atoms with van der Waals surface area (Å²) >= 11 is 0. The Labute approximate surface area is 237 Å².